The molecule has 0 aromatic carbocycles. The molecule has 0 saturated carbocycles. The number of amides is 1. The van der Waals surface area contributed by atoms with Crippen LogP contribution >= 0.6 is 0 Å². The summed E-state index contributed by atoms with van der Waals surface area (Å²) in [5.74, 6) is -0.0793. The van der Waals surface area contributed by atoms with Gasteiger partial charge < -0.3 is 10.3 Å². The highest BCUT2D eigenvalue weighted by molar-refractivity contribution is 5.73. The number of hydrogen-bond acceptors (Lipinski definition) is 4. The lowest BCUT2D eigenvalue weighted by Gasteiger charge is -2.15. The van der Waals surface area contributed by atoms with Crippen molar-refractivity contribution in [2.24, 2.45) is 0 Å². The first-order valence-corrected chi connectivity index (χ1v) is 5.02. The van der Waals surface area contributed by atoms with Gasteiger partial charge in [0.1, 0.15) is 6.04 Å². The second kappa shape index (κ2) is 5.88. The van der Waals surface area contributed by atoms with Gasteiger partial charge in [0.25, 0.3) is 0 Å². The molecule has 0 radical (unpaired) electrons. The zero-order valence-electron chi connectivity index (χ0n) is 9.32. The Labute approximate surface area is 94.1 Å². The van der Waals surface area contributed by atoms with Gasteiger partial charge in [-0.25, -0.2) is 4.98 Å². The maximum Gasteiger partial charge on any atom is 0.217 e. The van der Waals surface area contributed by atoms with Gasteiger partial charge in [-0.3, -0.25) is 10.1 Å². The van der Waals surface area contributed by atoms with Crippen LogP contribution in [-0.2, 0) is 4.79 Å². The smallest absolute Gasteiger partial charge is 0.217 e. The van der Waals surface area contributed by atoms with Crippen molar-refractivity contribution >= 4 is 5.91 Å². The van der Waals surface area contributed by atoms with Crippen LogP contribution in [0, 0.1) is 11.3 Å². The van der Waals surface area contributed by atoms with Crippen LogP contribution in [0.4, 0.5) is 0 Å². The first-order chi connectivity index (χ1) is 7.63. The van der Waals surface area contributed by atoms with E-state index in [4.69, 9.17) is 5.26 Å². The lowest BCUT2D eigenvalue weighted by Crippen LogP contribution is -2.39. The van der Waals surface area contributed by atoms with Crippen LogP contribution in [0.2, 0.25) is 0 Å². The zero-order chi connectivity index (χ0) is 12.0. The van der Waals surface area contributed by atoms with E-state index >= 15 is 0 Å². The second-order valence-electron chi connectivity index (χ2n) is 3.58. The molecule has 0 saturated heterocycles. The molecule has 0 spiro atoms. The van der Waals surface area contributed by atoms with Gasteiger partial charge in [-0.1, -0.05) is 0 Å². The third-order valence-electron chi connectivity index (χ3n) is 2.04. The minimum atomic E-state index is -0.432. The van der Waals surface area contributed by atoms with Crippen molar-refractivity contribution in [3.05, 3.63) is 18.2 Å². The Bertz CT molecular complexity index is 367. The van der Waals surface area contributed by atoms with E-state index < -0.39 is 6.04 Å². The molecule has 0 bridgehead atoms. The average Bonchev–Trinajstić information content (AvgIpc) is 2.71. The van der Waals surface area contributed by atoms with Crippen LogP contribution in [0.15, 0.2) is 12.5 Å². The topological polar surface area (TPSA) is 93.6 Å². The van der Waals surface area contributed by atoms with Gasteiger partial charge in [0.05, 0.1) is 24.3 Å². The third kappa shape index (κ3) is 3.71. The third-order valence-corrected chi connectivity index (χ3v) is 2.04. The Morgan fingerprint density at radius 2 is 2.50 bits per heavy atom. The Balaban J connectivity index is 2.41. The maximum absolute atomic E-state index is 10.8. The number of rotatable bonds is 5. The highest BCUT2D eigenvalue weighted by atomic mass is 16.1. The Morgan fingerprint density at radius 1 is 1.75 bits per heavy atom. The predicted molar refractivity (Wildman–Crippen MR) is 58.2 cm³/mol. The lowest BCUT2D eigenvalue weighted by molar-refractivity contribution is -0.119. The Morgan fingerprint density at radius 3 is 3.00 bits per heavy atom. The predicted octanol–water partition coefficient (Wildman–Crippen LogP) is 0.0886. The van der Waals surface area contributed by atoms with Gasteiger partial charge >= 0.3 is 0 Å². The first kappa shape index (κ1) is 12.2. The van der Waals surface area contributed by atoms with Crippen molar-refractivity contribution in [3.63, 3.8) is 0 Å². The molecule has 1 heterocycles. The molecule has 1 amide bonds. The summed E-state index contributed by atoms with van der Waals surface area (Å²) in [6, 6.07) is 1.67. The molecule has 0 aliphatic rings. The fraction of sp³-hybridized carbons (Fsp3) is 0.500. The molecule has 3 N–H and O–H groups in total. The monoisotopic (exact) mass is 221 g/mol. The van der Waals surface area contributed by atoms with Crippen molar-refractivity contribution in [1.82, 2.24) is 20.6 Å². The summed E-state index contributed by atoms with van der Waals surface area (Å²) in [5, 5.41) is 14.7. The fourth-order valence-electron chi connectivity index (χ4n) is 1.34. The van der Waals surface area contributed by atoms with Gasteiger partial charge in [-0.15, -0.1) is 0 Å². The van der Waals surface area contributed by atoms with Crippen LogP contribution in [-0.4, -0.2) is 28.5 Å². The summed E-state index contributed by atoms with van der Waals surface area (Å²) < 4.78 is 0. The maximum atomic E-state index is 10.8. The van der Waals surface area contributed by atoms with Crippen molar-refractivity contribution in [3.8, 4) is 6.07 Å². The summed E-state index contributed by atoms with van der Waals surface area (Å²) >= 11 is 0. The lowest BCUT2D eigenvalue weighted by atomic mass is 10.2. The van der Waals surface area contributed by atoms with E-state index in [-0.39, 0.29) is 11.9 Å². The van der Waals surface area contributed by atoms with Gasteiger partial charge in [0.2, 0.25) is 5.91 Å². The van der Waals surface area contributed by atoms with E-state index in [1.165, 1.54) is 13.3 Å². The average molecular weight is 221 g/mol. The van der Waals surface area contributed by atoms with Crippen LogP contribution < -0.4 is 10.6 Å². The van der Waals surface area contributed by atoms with Crippen LogP contribution in [0.5, 0.6) is 0 Å². The summed E-state index contributed by atoms with van der Waals surface area (Å²) in [5.41, 5.74) is 0.720. The SMILES string of the molecule is CC(=O)NC(C)CNC(C#N)c1cnc[nH]1. The van der Waals surface area contributed by atoms with Gasteiger partial charge in [-0.2, -0.15) is 5.26 Å². The number of aromatic amines is 1. The number of hydrogen-bond donors (Lipinski definition) is 3. The summed E-state index contributed by atoms with van der Waals surface area (Å²) in [7, 11) is 0. The van der Waals surface area contributed by atoms with Crippen molar-refractivity contribution in [1.29, 1.82) is 5.26 Å². The van der Waals surface area contributed by atoms with E-state index in [0.717, 1.165) is 5.69 Å². The number of H-pyrrole nitrogens is 1. The summed E-state index contributed by atoms with van der Waals surface area (Å²) in [6.45, 7) is 3.86. The molecule has 6 nitrogen and oxygen atoms in total. The standard InChI is InChI=1S/C10H15N5O/c1-7(15-8(2)16)4-13-9(3-11)10-5-12-6-14-10/h5-7,9,13H,4H2,1-2H3,(H,12,14)(H,15,16). The summed E-state index contributed by atoms with van der Waals surface area (Å²) in [6.07, 6.45) is 3.13. The molecule has 2 atom stereocenters. The van der Waals surface area contributed by atoms with Crippen LogP contribution in [0.3, 0.4) is 0 Å². The minimum Gasteiger partial charge on any atom is -0.353 e. The summed E-state index contributed by atoms with van der Waals surface area (Å²) in [4.78, 5) is 17.5. The largest absolute Gasteiger partial charge is 0.353 e. The molecule has 0 aliphatic carbocycles. The molecule has 1 rings (SSSR count). The number of nitrogens with one attached hydrogen (secondary N) is 3. The quantitative estimate of drug-likeness (QED) is 0.656. The molecular formula is C10H15N5O. The molecule has 6 heteroatoms. The molecule has 0 aliphatic heterocycles. The Hall–Kier alpha value is -1.87. The first-order valence-electron chi connectivity index (χ1n) is 5.02. The molecule has 1 aromatic rings. The van der Waals surface area contributed by atoms with Crippen molar-refractivity contribution in [2.75, 3.05) is 6.54 Å². The number of nitrogens with zero attached hydrogens (tertiary/aromatic N) is 2. The molecule has 16 heavy (non-hydrogen) atoms. The second-order valence-corrected chi connectivity index (χ2v) is 3.58. The fourth-order valence-corrected chi connectivity index (χ4v) is 1.34. The highest BCUT2D eigenvalue weighted by Crippen LogP contribution is 2.06. The van der Waals surface area contributed by atoms with E-state index in [1.54, 1.807) is 6.20 Å². The normalized spacial score (nSPS) is 13.8. The molecule has 2 unspecified atom stereocenters. The Kier molecular flexibility index (Phi) is 4.48. The van der Waals surface area contributed by atoms with Crippen LogP contribution in [0.25, 0.3) is 0 Å². The van der Waals surface area contributed by atoms with Crippen molar-refractivity contribution in [2.45, 2.75) is 25.9 Å². The minimum absolute atomic E-state index is 0.0173. The van der Waals surface area contributed by atoms with Gasteiger partial charge in [-0.05, 0) is 6.92 Å². The number of imidazole rings is 1. The van der Waals surface area contributed by atoms with E-state index in [2.05, 4.69) is 26.7 Å². The van der Waals surface area contributed by atoms with E-state index in [1.807, 2.05) is 6.92 Å². The van der Waals surface area contributed by atoms with Crippen molar-refractivity contribution < 1.29 is 4.79 Å². The zero-order valence-corrected chi connectivity index (χ0v) is 9.32. The number of nitriles is 1. The molecule has 1 aromatic heterocycles. The number of aromatic nitrogens is 2. The van der Waals surface area contributed by atoms with E-state index in [0.29, 0.717) is 6.54 Å². The molecule has 86 valence electrons. The molecular weight excluding hydrogens is 206 g/mol. The number of carbonyl (C=O) groups is 1. The van der Waals surface area contributed by atoms with Gasteiger partial charge in [0.15, 0.2) is 0 Å². The van der Waals surface area contributed by atoms with E-state index in [9.17, 15) is 4.79 Å². The van der Waals surface area contributed by atoms with Gasteiger partial charge in [0, 0.05) is 19.5 Å². The number of carbonyl (C=O) groups excluding carboxylic acids is 1. The highest BCUT2D eigenvalue weighted by Gasteiger charge is 2.12. The molecule has 0 fully saturated rings. The van der Waals surface area contributed by atoms with Crippen LogP contribution in [0.1, 0.15) is 25.6 Å².